The molecule has 0 bridgehead atoms. The maximum atomic E-state index is 5.75. The molecule has 1 aliphatic carbocycles. The van der Waals surface area contributed by atoms with E-state index in [1.807, 2.05) is 6.07 Å². The molecule has 1 aliphatic rings. The summed E-state index contributed by atoms with van der Waals surface area (Å²) in [5, 5.41) is 0. The fourth-order valence-corrected chi connectivity index (χ4v) is 2.24. The van der Waals surface area contributed by atoms with Gasteiger partial charge in [-0.15, -0.1) is 0 Å². The van der Waals surface area contributed by atoms with Gasteiger partial charge in [0.05, 0.1) is 13.2 Å². The Morgan fingerprint density at radius 1 is 1.19 bits per heavy atom. The first-order chi connectivity index (χ1) is 7.90. The monoisotopic (exact) mass is 218 g/mol. The SMILES string of the molecule is CCCC[C@H]1C[C@H]1COCc1ccccc1. The molecule has 16 heavy (non-hydrogen) atoms. The third-order valence-corrected chi connectivity index (χ3v) is 3.44. The summed E-state index contributed by atoms with van der Waals surface area (Å²) in [6, 6.07) is 10.4. The summed E-state index contributed by atoms with van der Waals surface area (Å²) in [4.78, 5) is 0. The Kier molecular flexibility index (Phi) is 4.41. The fraction of sp³-hybridized carbons (Fsp3) is 0.600. The van der Waals surface area contributed by atoms with Gasteiger partial charge in [0.1, 0.15) is 0 Å². The number of hydrogen-bond acceptors (Lipinski definition) is 1. The summed E-state index contributed by atoms with van der Waals surface area (Å²) < 4.78 is 5.75. The van der Waals surface area contributed by atoms with E-state index < -0.39 is 0 Å². The van der Waals surface area contributed by atoms with Crippen molar-refractivity contribution >= 4 is 0 Å². The molecule has 0 radical (unpaired) electrons. The predicted octanol–water partition coefficient (Wildman–Crippen LogP) is 4.03. The summed E-state index contributed by atoms with van der Waals surface area (Å²) in [6.07, 6.45) is 5.53. The standard InChI is InChI=1S/C15H22O/c1-2-3-9-14-10-15(14)12-16-11-13-7-5-4-6-8-13/h4-8,14-15H,2-3,9-12H2,1H3/t14-,15-/m0/s1. The maximum absolute atomic E-state index is 5.75. The lowest BCUT2D eigenvalue weighted by atomic mass is 10.1. The Labute approximate surface area is 98.8 Å². The van der Waals surface area contributed by atoms with Crippen molar-refractivity contribution < 1.29 is 4.74 Å². The van der Waals surface area contributed by atoms with Crippen LogP contribution in [0.15, 0.2) is 30.3 Å². The Morgan fingerprint density at radius 3 is 2.75 bits per heavy atom. The minimum Gasteiger partial charge on any atom is -0.376 e. The molecule has 0 aromatic heterocycles. The molecule has 1 aromatic carbocycles. The normalized spacial score (nSPS) is 23.3. The van der Waals surface area contributed by atoms with Crippen molar-refractivity contribution in [1.82, 2.24) is 0 Å². The minimum absolute atomic E-state index is 0.776. The highest BCUT2D eigenvalue weighted by Crippen LogP contribution is 2.42. The van der Waals surface area contributed by atoms with Crippen molar-refractivity contribution in [2.24, 2.45) is 11.8 Å². The third kappa shape index (κ3) is 3.64. The van der Waals surface area contributed by atoms with E-state index in [-0.39, 0.29) is 0 Å². The van der Waals surface area contributed by atoms with E-state index in [4.69, 9.17) is 4.74 Å². The van der Waals surface area contributed by atoms with Crippen LogP contribution in [-0.4, -0.2) is 6.61 Å². The van der Waals surface area contributed by atoms with Crippen LogP contribution < -0.4 is 0 Å². The average molecular weight is 218 g/mol. The second-order valence-electron chi connectivity index (χ2n) is 4.90. The summed E-state index contributed by atoms with van der Waals surface area (Å²) in [5.41, 5.74) is 1.29. The van der Waals surface area contributed by atoms with Gasteiger partial charge in [0.25, 0.3) is 0 Å². The van der Waals surface area contributed by atoms with Crippen molar-refractivity contribution in [1.29, 1.82) is 0 Å². The highest BCUT2D eigenvalue weighted by atomic mass is 16.5. The molecule has 1 aromatic rings. The Bertz CT molecular complexity index is 294. The average Bonchev–Trinajstić information content (AvgIpc) is 3.07. The molecule has 0 heterocycles. The van der Waals surface area contributed by atoms with Crippen LogP contribution in [0, 0.1) is 11.8 Å². The molecule has 0 saturated heterocycles. The quantitative estimate of drug-likeness (QED) is 0.671. The van der Waals surface area contributed by atoms with Gasteiger partial charge >= 0.3 is 0 Å². The van der Waals surface area contributed by atoms with Gasteiger partial charge in [-0.1, -0.05) is 56.5 Å². The van der Waals surface area contributed by atoms with Gasteiger partial charge in [-0.05, 0) is 23.8 Å². The predicted molar refractivity (Wildman–Crippen MR) is 67.2 cm³/mol. The lowest BCUT2D eigenvalue weighted by Crippen LogP contribution is -1.98. The van der Waals surface area contributed by atoms with Gasteiger partial charge < -0.3 is 4.74 Å². The molecule has 88 valence electrons. The molecular weight excluding hydrogens is 196 g/mol. The van der Waals surface area contributed by atoms with E-state index in [1.54, 1.807) is 0 Å². The first kappa shape index (κ1) is 11.7. The lowest BCUT2D eigenvalue weighted by Gasteiger charge is -2.03. The van der Waals surface area contributed by atoms with E-state index in [0.717, 1.165) is 25.0 Å². The summed E-state index contributed by atoms with van der Waals surface area (Å²) in [7, 11) is 0. The van der Waals surface area contributed by atoms with E-state index >= 15 is 0 Å². The largest absolute Gasteiger partial charge is 0.376 e. The highest BCUT2D eigenvalue weighted by Gasteiger charge is 2.35. The molecular formula is C15H22O. The van der Waals surface area contributed by atoms with Crippen molar-refractivity contribution in [2.45, 2.75) is 39.2 Å². The maximum Gasteiger partial charge on any atom is 0.0717 e. The molecule has 1 fully saturated rings. The van der Waals surface area contributed by atoms with E-state index in [0.29, 0.717) is 0 Å². The van der Waals surface area contributed by atoms with Crippen LogP contribution in [0.1, 0.15) is 38.2 Å². The topological polar surface area (TPSA) is 9.23 Å². The minimum atomic E-state index is 0.776. The molecule has 0 amide bonds. The Hall–Kier alpha value is -0.820. The summed E-state index contributed by atoms with van der Waals surface area (Å²) in [6.45, 7) is 4.00. The molecule has 1 nitrogen and oxygen atoms in total. The van der Waals surface area contributed by atoms with Gasteiger partial charge in [-0.3, -0.25) is 0 Å². The zero-order chi connectivity index (χ0) is 11.2. The second kappa shape index (κ2) is 6.05. The highest BCUT2D eigenvalue weighted by molar-refractivity contribution is 5.13. The lowest BCUT2D eigenvalue weighted by molar-refractivity contribution is 0.107. The van der Waals surface area contributed by atoms with Crippen molar-refractivity contribution in [2.75, 3.05) is 6.61 Å². The molecule has 1 saturated carbocycles. The van der Waals surface area contributed by atoms with Crippen LogP contribution in [0.5, 0.6) is 0 Å². The summed E-state index contributed by atoms with van der Waals surface area (Å²) in [5.74, 6) is 1.82. The molecule has 1 heteroatoms. The van der Waals surface area contributed by atoms with Crippen molar-refractivity contribution in [3.05, 3.63) is 35.9 Å². The number of rotatable bonds is 7. The van der Waals surface area contributed by atoms with Crippen molar-refractivity contribution in [3.63, 3.8) is 0 Å². The van der Waals surface area contributed by atoms with E-state index in [1.165, 1.54) is 31.2 Å². The van der Waals surface area contributed by atoms with Crippen LogP contribution >= 0.6 is 0 Å². The number of benzene rings is 1. The first-order valence-electron chi connectivity index (χ1n) is 6.52. The van der Waals surface area contributed by atoms with Crippen LogP contribution in [0.2, 0.25) is 0 Å². The number of hydrogen-bond donors (Lipinski definition) is 0. The molecule has 2 atom stereocenters. The fourth-order valence-electron chi connectivity index (χ4n) is 2.24. The van der Waals surface area contributed by atoms with Gasteiger partial charge in [-0.25, -0.2) is 0 Å². The molecule has 0 aliphatic heterocycles. The number of ether oxygens (including phenoxy) is 1. The van der Waals surface area contributed by atoms with E-state index in [2.05, 4.69) is 31.2 Å². The first-order valence-corrected chi connectivity index (χ1v) is 6.52. The number of unbranched alkanes of at least 4 members (excludes halogenated alkanes) is 1. The van der Waals surface area contributed by atoms with Crippen molar-refractivity contribution in [3.8, 4) is 0 Å². The molecule has 0 unspecified atom stereocenters. The summed E-state index contributed by atoms with van der Waals surface area (Å²) >= 11 is 0. The third-order valence-electron chi connectivity index (χ3n) is 3.44. The smallest absolute Gasteiger partial charge is 0.0717 e. The van der Waals surface area contributed by atoms with Crippen LogP contribution in [0.3, 0.4) is 0 Å². The Balaban J connectivity index is 1.57. The van der Waals surface area contributed by atoms with Gasteiger partial charge in [0.15, 0.2) is 0 Å². The van der Waals surface area contributed by atoms with Crippen LogP contribution in [0.25, 0.3) is 0 Å². The van der Waals surface area contributed by atoms with Gasteiger partial charge in [0.2, 0.25) is 0 Å². The van der Waals surface area contributed by atoms with E-state index in [9.17, 15) is 0 Å². The van der Waals surface area contributed by atoms with Gasteiger partial charge in [-0.2, -0.15) is 0 Å². The molecule has 0 N–H and O–H groups in total. The Morgan fingerprint density at radius 2 is 2.00 bits per heavy atom. The zero-order valence-corrected chi connectivity index (χ0v) is 10.2. The molecule has 0 spiro atoms. The molecule has 2 rings (SSSR count). The zero-order valence-electron chi connectivity index (χ0n) is 10.2. The van der Waals surface area contributed by atoms with Crippen LogP contribution in [0.4, 0.5) is 0 Å². The second-order valence-corrected chi connectivity index (χ2v) is 4.90. The van der Waals surface area contributed by atoms with Gasteiger partial charge in [0, 0.05) is 0 Å². The van der Waals surface area contributed by atoms with Crippen LogP contribution in [-0.2, 0) is 11.3 Å².